The largest absolute Gasteiger partial charge is 0.497 e. The van der Waals surface area contributed by atoms with E-state index >= 15 is 0 Å². The number of benzene rings is 1. The predicted octanol–water partition coefficient (Wildman–Crippen LogP) is 2.63. The second-order valence-corrected chi connectivity index (χ2v) is 6.23. The van der Waals surface area contributed by atoms with Gasteiger partial charge in [-0.05, 0) is 43.5 Å². The molecule has 2 aliphatic rings. The van der Waals surface area contributed by atoms with Gasteiger partial charge in [-0.1, -0.05) is 0 Å². The van der Waals surface area contributed by atoms with Crippen LogP contribution in [0.3, 0.4) is 0 Å². The first-order valence-corrected chi connectivity index (χ1v) is 8.53. The SMILES string of the molecule is CCOC(=O)C1=C2c3[nH]c4ccc(OC)cc4c3CCN2C(=O)CC1. The van der Waals surface area contributed by atoms with E-state index in [0.29, 0.717) is 37.3 Å². The number of carbonyl (C=O) groups is 2. The third kappa shape index (κ3) is 2.40. The van der Waals surface area contributed by atoms with Crippen LogP contribution in [0.5, 0.6) is 5.75 Å². The second kappa shape index (κ2) is 5.95. The summed E-state index contributed by atoms with van der Waals surface area (Å²) in [4.78, 5) is 29.9. The third-order valence-electron chi connectivity index (χ3n) is 4.90. The average Bonchev–Trinajstić information content (AvgIpc) is 3.00. The van der Waals surface area contributed by atoms with Gasteiger partial charge in [0.2, 0.25) is 5.91 Å². The normalized spacial score (nSPS) is 16.7. The Morgan fingerprint density at radius 3 is 2.88 bits per heavy atom. The van der Waals surface area contributed by atoms with E-state index in [1.54, 1.807) is 18.9 Å². The molecule has 0 unspecified atom stereocenters. The topological polar surface area (TPSA) is 71.6 Å². The lowest BCUT2D eigenvalue weighted by Gasteiger charge is -2.34. The maximum absolute atomic E-state index is 12.4. The number of carbonyl (C=O) groups excluding carboxylic acids is 2. The van der Waals surface area contributed by atoms with Crippen LogP contribution >= 0.6 is 0 Å². The molecule has 0 fully saturated rings. The number of aromatic nitrogens is 1. The Labute approximate surface area is 145 Å². The number of rotatable bonds is 3. The molecule has 2 aliphatic heterocycles. The van der Waals surface area contributed by atoms with Crippen molar-refractivity contribution in [3.05, 3.63) is 35.0 Å². The highest BCUT2D eigenvalue weighted by Gasteiger charge is 2.36. The fourth-order valence-corrected chi connectivity index (χ4v) is 3.75. The quantitative estimate of drug-likeness (QED) is 0.872. The van der Waals surface area contributed by atoms with Gasteiger partial charge >= 0.3 is 5.97 Å². The van der Waals surface area contributed by atoms with Gasteiger partial charge in [-0.2, -0.15) is 0 Å². The first-order valence-electron chi connectivity index (χ1n) is 8.53. The van der Waals surface area contributed by atoms with Crippen molar-refractivity contribution in [1.29, 1.82) is 0 Å². The summed E-state index contributed by atoms with van der Waals surface area (Å²) in [5.74, 6) is 0.514. The van der Waals surface area contributed by atoms with Crippen molar-refractivity contribution in [2.45, 2.75) is 26.2 Å². The Kier molecular flexibility index (Phi) is 3.75. The molecule has 130 valence electrons. The van der Waals surface area contributed by atoms with Gasteiger partial charge in [0.05, 0.1) is 30.7 Å². The summed E-state index contributed by atoms with van der Waals surface area (Å²) in [7, 11) is 1.64. The van der Waals surface area contributed by atoms with Crippen LogP contribution in [0.25, 0.3) is 16.6 Å². The van der Waals surface area contributed by atoms with Gasteiger partial charge in [-0.3, -0.25) is 4.79 Å². The highest BCUT2D eigenvalue weighted by Crippen LogP contribution is 2.40. The van der Waals surface area contributed by atoms with Crippen molar-refractivity contribution in [3.63, 3.8) is 0 Å². The van der Waals surface area contributed by atoms with Crippen LogP contribution in [0.15, 0.2) is 23.8 Å². The van der Waals surface area contributed by atoms with Gasteiger partial charge in [0, 0.05) is 23.9 Å². The first kappa shape index (κ1) is 15.7. The number of nitrogens with one attached hydrogen (secondary N) is 1. The second-order valence-electron chi connectivity index (χ2n) is 6.23. The van der Waals surface area contributed by atoms with Gasteiger partial charge in [0.1, 0.15) is 5.75 Å². The molecule has 0 saturated carbocycles. The van der Waals surface area contributed by atoms with Gasteiger partial charge in [0.15, 0.2) is 0 Å². The maximum Gasteiger partial charge on any atom is 0.336 e. The van der Waals surface area contributed by atoms with Crippen LogP contribution < -0.4 is 4.74 Å². The molecule has 3 heterocycles. The smallest absolute Gasteiger partial charge is 0.336 e. The van der Waals surface area contributed by atoms with E-state index in [-0.39, 0.29) is 11.9 Å². The van der Waals surface area contributed by atoms with Crippen LogP contribution in [0.2, 0.25) is 0 Å². The van der Waals surface area contributed by atoms with Gasteiger partial charge in [0.25, 0.3) is 0 Å². The summed E-state index contributed by atoms with van der Waals surface area (Å²) < 4.78 is 10.6. The Morgan fingerprint density at radius 1 is 1.28 bits per heavy atom. The number of ether oxygens (including phenoxy) is 2. The van der Waals surface area contributed by atoms with E-state index in [0.717, 1.165) is 34.3 Å². The van der Waals surface area contributed by atoms with Crippen molar-refractivity contribution in [3.8, 4) is 5.75 Å². The molecular weight excluding hydrogens is 320 g/mol. The number of fused-ring (bicyclic) bond motifs is 5. The zero-order valence-corrected chi connectivity index (χ0v) is 14.3. The van der Waals surface area contributed by atoms with E-state index in [1.165, 1.54) is 0 Å². The number of hydrogen-bond donors (Lipinski definition) is 1. The summed E-state index contributed by atoms with van der Waals surface area (Å²) in [6.07, 6.45) is 1.51. The number of aromatic amines is 1. The van der Waals surface area contributed by atoms with Crippen LogP contribution in [-0.2, 0) is 20.7 Å². The van der Waals surface area contributed by atoms with Crippen LogP contribution in [0.1, 0.15) is 31.0 Å². The molecule has 1 N–H and O–H groups in total. The summed E-state index contributed by atoms with van der Waals surface area (Å²) >= 11 is 0. The minimum absolute atomic E-state index is 0.0601. The molecule has 1 aromatic carbocycles. The Balaban J connectivity index is 1.94. The summed E-state index contributed by atoms with van der Waals surface area (Å²) in [5, 5.41) is 1.07. The molecule has 0 atom stereocenters. The summed E-state index contributed by atoms with van der Waals surface area (Å²) in [6, 6.07) is 5.86. The van der Waals surface area contributed by atoms with Crippen LogP contribution in [0.4, 0.5) is 0 Å². The highest BCUT2D eigenvalue weighted by molar-refractivity contribution is 6.05. The number of methoxy groups -OCH3 is 1. The predicted molar refractivity (Wildman–Crippen MR) is 93.1 cm³/mol. The van der Waals surface area contributed by atoms with Crippen LogP contribution in [0, 0.1) is 0 Å². The fraction of sp³-hybridized carbons (Fsp3) is 0.368. The molecule has 6 heteroatoms. The summed E-state index contributed by atoms with van der Waals surface area (Å²) in [5.41, 5.74) is 4.22. The first-order chi connectivity index (χ1) is 12.1. The van der Waals surface area contributed by atoms with Crippen LogP contribution in [-0.4, -0.2) is 42.0 Å². The molecule has 0 spiro atoms. The molecule has 1 amide bonds. The van der Waals surface area contributed by atoms with Gasteiger partial charge in [-0.15, -0.1) is 0 Å². The molecule has 2 aromatic rings. The number of amides is 1. The van der Waals surface area contributed by atoms with E-state index in [9.17, 15) is 9.59 Å². The maximum atomic E-state index is 12.4. The van der Waals surface area contributed by atoms with Crippen molar-refractivity contribution < 1.29 is 19.1 Å². The Morgan fingerprint density at radius 2 is 2.12 bits per heavy atom. The van der Waals surface area contributed by atoms with Gasteiger partial charge in [-0.25, -0.2) is 4.79 Å². The zero-order chi connectivity index (χ0) is 17.6. The molecular formula is C19H20N2O4. The number of nitrogens with zero attached hydrogens (tertiary/aromatic N) is 1. The highest BCUT2D eigenvalue weighted by atomic mass is 16.5. The molecule has 1 aromatic heterocycles. The molecule has 4 rings (SSSR count). The number of esters is 1. The standard InChI is InChI=1S/C19H20N2O4/c1-3-25-19(23)13-5-7-16(22)21-9-8-12-14-10-11(24-2)4-6-15(14)20-17(12)18(13)21/h4,6,10,20H,3,5,7-9H2,1-2H3. The average molecular weight is 340 g/mol. The van der Waals surface area contributed by atoms with E-state index < -0.39 is 0 Å². The summed E-state index contributed by atoms with van der Waals surface area (Å²) in [6.45, 7) is 2.69. The molecule has 0 aliphatic carbocycles. The molecule has 0 bridgehead atoms. The Hall–Kier alpha value is -2.76. The Bertz CT molecular complexity index is 910. The van der Waals surface area contributed by atoms with E-state index in [4.69, 9.17) is 9.47 Å². The van der Waals surface area contributed by atoms with E-state index in [2.05, 4.69) is 4.98 Å². The van der Waals surface area contributed by atoms with Gasteiger partial charge < -0.3 is 19.4 Å². The minimum atomic E-state index is -0.334. The molecule has 0 saturated heterocycles. The zero-order valence-electron chi connectivity index (χ0n) is 14.3. The lowest BCUT2D eigenvalue weighted by atomic mass is 9.92. The van der Waals surface area contributed by atoms with E-state index in [1.807, 2.05) is 18.2 Å². The van der Waals surface area contributed by atoms with Crippen molar-refractivity contribution in [2.75, 3.05) is 20.3 Å². The monoisotopic (exact) mass is 340 g/mol. The number of hydrogen-bond acceptors (Lipinski definition) is 4. The molecule has 25 heavy (non-hydrogen) atoms. The minimum Gasteiger partial charge on any atom is -0.497 e. The van der Waals surface area contributed by atoms with Crippen molar-refractivity contribution in [1.82, 2.24) is 9.88 Å². The lowest BCUT2D eigenvalue weighted by Crippen LogP contribution is -2.39. The molecule has 6 nitrogen and oxygen atoms in total. The lowest BCUT2D eigenvalue weighted by molar-refractivity contribution is -0.139. The van der Waals surface area contributed by atoms with Crippen molar-refractivity contribution in [2.24, 2.45) is 0 Å². The number of H-pyrrole nitrogens is 1. The fourth-order valence-electron chi connectivity index (χ4n) is 3.75. The molecule has 0 radical (unpaired) electrons. The third-order valence-corrected chi connectivity index (χ3v) is 4.90. The van der Waals surface area contributed by atoms with Crippen molar-refractivity contribution >= 4 is 28.5 Å².